The van der Waals surface area contributed by atoms with Crippen molar-refractivity contribution in [2.24, 2.45) is 0 Å². The Bertz CT molecular complexity index is 901. The van der Waals surface area contributed by atoms with Gasteiger partial charge < -0.3 is 9.80 Å². The van der Waals surface area contributed by atoms with Crippen molar-refractivity contribution in [2.75, 3.05) is 31.1 Å². The van der Waals surface area contributed by atoms with E-state index in [1.807, 2.05) is 29.3 Å². The molecule has 128 valence electrons. The van der Waals surface area contributed by atoms with Crippen LogP contribution in [0.3, 0.4) is 0 Å². The molecule has 3 aromatic rings. The average Bonchev–Trinajstić information content (AvgIpc) is 2.91. The molecule has 4 rings (SSSR count). The molecule has 0 radical (unpaired) electrons. The smallest absolute Gasteiger partial charge is 0.257 e. The van der Waals surface area contributed by atoms with Gasteiger partial charge in [0.05, 0.1) is 17.3 Å². The summed E-state index contributed by atoms with van der Waals surface area (Å²) in [4.78, 5) is 17.3. The van der Waals surface area contributed by atoms with Crippen LogP contribution < -0.4 is 4.90 Å². The number of carbonyl (C=O) groups excluding carboxylic acids is 1. The summed E-state index contributed by atoms with van der Waals surface area (Å²) >= 11 is 0. The summed E-state index contributed by atoms with van der Waals surface area (Å²) in [6.07, 6.45) is 4.52. The number of hydrogen-bond donors (Lipinski definition) is 0. The zero-order valence-electron chi connectivity index (χ0n) is 14.4. The monoisotopic (exact) mass is 334 g/mol. The minimum Gasteiger partial charge on any atom is -0.369 e. The van der Waals surface area contributed by atoms with Crippen molar-refractivity contribution in [3.63, 3.8) is 0 Å². The lowest BCUT2D eigenvalue weighted by atomic mass is 10.2. The van der Waals surface area contributed by atoms with Gasteiger partial charge in [-0.25, -0.2) is 4.52 Å². The summed E-state index contributed by atoms with van der Waals surface area (Å²) < 4.78 is 1.75. The summed E-state index contributed by atoms with van der Waals surface area (Å²) in [5.41, 5.74) is 4.11. The molecule has 0 unspecified atom stereocenters. The Hall–Kier alpha value is -2.82. The second-order valence-electron chi connectivity index (χ2n) is 6.51. The van der Waals surface area contributed by atoms with Gasteiger partial charge in [0.15, 0.2) is 0 Å². The van der Waals surface area contributed by atoms with Crippen molar-refractivity contribution < 1.29 is 4.79 Å². The molecule has 1 aliphatic heterocycles. The van der Waals surface area contributed by atoms with Gasteiger partial charge in [0, 0.05) is 38.1 Å². The number of para-hydroxylation sites is 1. The van der Waals surface area contributed by atoms with Crippen LogP contribution in [-0.2, 0) is 0 Å². The molecule has 25 heavy (non-hydrogen) atoms. The SMILES string of the molecule is Cc1ccccc1N1CCCN(C(=O)c2cnn3ccccc23)CC1. The highest BCUT2D eigenvalue weighted by Gasteiger charge is 2.23. The standard InChI is InChI=1S/C20H22N4O/c1-16-7-2-3-8-18(16)22-10-6-11-23(14-13-22)20(25)17-15-21-24-12-5-4-9-19(17)24/h2-5,7-9,12,15H,6,10-11,13-14H2,1H3. The minimum atomic E-state index is 0.0767. The van der Waals surface area contributed by atoms with Gasteiger partial charge in [-0.2, -0.15) is 5.10 Å². The average molecular weight is 334 g/mol. The fourth-order valence-electron chi connectivity index (χ4n) is 3.55. The second-order valence-corrected chi connectivity index (χ2v) is 6.51. The van der Waals surface area contributed by atoms with Crippen LogP contribution in [-0.4, -0.2) is 46.6 Å². The Morgan fingerprint density at radius 1 is 1.00 bits per heavy atom. The molecular weight excluding hydrogens is 312 g/mol. The molecular formula is C20H22N4O. The zero-order chi connectivity index (χ0) is 17.2. The number of pyridine rings is 1. The highest BCUT2D eigenvalue weighted by molar-refractivity contribution is 6.00. The molecule has 0 N–H and O–H groups in total. The van der Waals surface area contributed by atoms with Gasteiger partial charge in [-0.05, 0) is 37.1 Å². The number of fused-ring (bicyclic) bond motifs is 1. The maximum absolute atomic E-state index is 13.0. The van der Waals surface area contributed by atoms with E-state index in [1.54, 1.807) is 10.7 Å². The predicted octanol–water partition coefficient (Wildman–Crippen LogP) is 3.00. The Morgan fingerprint density at radius 3 is 2.72 bits per heavy atom. The second kappa shape index (κ2) is 6.59. The molecule has 0 atom stereocenters. The molecule has 1 aliphatic rings. The van der Waals surface area contributed by atoms with Crippen LogP contribution in [0.15, 0.2) is 54.9 Å². The largest absolute Gasteiger partial charge is 0.369 e. The van der Waals surface area contributed by atoms with E-state index in [9.17, 15) is 4.79 Å². The predicted molar refractivity (Wildman–Crippen MR) is 99.1 cm³/mol. The van der Waals surface area contributed by atoms with Crippen LogP contribution in [0.5, 0.6) is 0 Å². The highest BCUT2D eigenvalue weighted by atomic mass is 16.2. The maximum atomic E-state index is 13.0. The first-order valence-corrected chi connectivity index (χ1v) is 8.76. The van der Waals surface area contributed by atoms with E-state index >= 15 is 0 Å². The lowest BCUT2D eigenvalue weighted by Gasteiger charge is -2.25. The van der Waals surface area contributed by atoms with Crippen LogP contribution >= 0.6 is 0 Å². The van der Waals surface area contributed by atoms with Crippen molar-refractivity contribution in [1.29, 1.82) is 0 Å². The molecule has 0 saturated carbocycles. The molecule has 1 saturated heterocycles. The maximum Gasteiger partial charge on any atom is 0.257 e. The zero-order valence-corrected chi connectivity index (χ0v) is 14.4. The molecule has 1 aromatic carbocycles. The number of anilines is 1. The van der Waals surface area contributed by atoms with Gasteiger partial charge in [0.1, 0.15) is 0 Å². The van der Waals surface area contributed by atoms with Crippen LogP contribution in [0.4, 0.5) is 5.69 Å². The Kier molecular flexibility index (Phi) is 4.14. The first-order valence-electron chi connectivity index (χ1n) is 8.76. The van der Waals surface area contributed by atoms with Crippen molar-refractivity contribution in [3.8, 4) is 0 Å². The quantitative estimate of drug-likeness (QED) is 0.723. The number of aromatic nitrogens is 2. The number of carbonyl (C=O) groups is 1. The van der Waals surface area contributed by atoms with Gasteiger partial charge in [0.25, 0.3) is 5.91 Å². The lowest BCUT2D eigenvalue weighted by Crippen LogP contribution is -2.35. The van der Waals surface area contributed by atoms with Crippen LogP contribution in [0.2, 0.25) is 0 Å². The number of hydrogen-bond acceptors (Lipinski definition) is 3. The van der Waals surface area contributed by atoms with E-state index in [4.69, 9.17) is 0 Å². The fourth-order valence-corrected chi connectivity index (χ4v) is 3.55. The summed E-state index contributed by atoms with van der Waals surface area (Å²) in [6, 6.07) is 14.3. The molecule has 1 fully saturated rings. The van der Waals surface area contributed by atoms with E-state index in [-0.39, 0.29) is 5.91 Å². The molecule has 0 aliphatic carbocycles. The van der Waals surface area contributed by atoms with Crippen LogP contribution in [0, 0.1) is 6.92 Å². The van der Waals surface area contributed by atoms with Gasteiger partial charge in [-0.15, -0.1) is 0 Å². The first-order chi connectivity index (χ1) is 12.2. The van der Waals surface area contributed by atoms with Gasteiger partial charge in [-0.3, -0.25) is 4.79 Å². The Balaban J connectivity index is 1.53. The molecule has 5 nitrogen and oxygen atoms in total. The number of rotatable bonds is 2. The molecule has 0 bridgehead atoms. The van der Waals surface area contributed by atoms with E-state index in [1.165, 1.54) is 11.3 Å². The van der Waals surface area contributed by atoms with Crippen molar-refractivity contribution in [1.82, 2.24) is 14.5 Å². The molecule has 1 amide bonds. The number of nitrogens with zero attached hydrogens (tertiary/aromatic N) is 4. The first kappa shape index (κ1) is 15.7. The van der Waals surface area contributed by atoms with E-state index in [0.29, 0.717) is 5.56 Å². The third-order valence-corrected chi connectivity index (χ3v) is 4.90. The number of benzene rings is 1. The van der Waals surface area contributed by atoms with E-state index in [2.05, 4.69) is 41.2 Å². The summed E-state index contributed by atoms with van der Waals surface area (Å²) in [5, 5.41) is 4.29. The Morgan fingerprint density at radius 2 is 1.84 bits per heavy atom. The van der Waals surface area contributed by atoms with Crippen molar-refractivity contribution in [2.45, 2.75) is 13.3 Å². The number of amides is 1. The summed E-state index contributed by atoms with van der Waals surface area (Å²) in [5.74, 6) is 0.0767. The van der Waals surface area contributed by atoms with Crippen LogP contribution in [0.25, 0.3) is 5.52 Å². The highest BCUT2D eigenvalue weighted by Crippen LogP contribution is 2.22. The third-order valence-electron chi connectivity index (χ3n) is 4.90. The fraction of sp³-hybridized carbons (Fsp3) is 0.300. The summed E-state index contributed by atoms with van der Waals surface area (Å²) in [6.45, 7) is 5.49. The van der Waals surface area contributed by atoms with Crippen LogP contribution in [0.1, 0.15) is 22.3 Å². The normalized spacial score (nSPS) is 15.4. The lowest BCUT2D eigenvalue weighted by molar-refractivity contribution is 0.0769. The van der Waals surface area contributed by atoms with Gasteiger partial charge in [0.2, 0.25) is 0 Å². The molecule has 5 heteroatoms. The minimum absolute atomic E-state index is 0.0767. The van der Waals surface area contributed by atoms with Crippen molar-refractivity contribution >= 4 is 17.1 Å². The topological polar surface area (TPSA) is 40.8 Å². The molecule has 3 heterocycles. The molecule has 2 aromatic heterocycles. The van der Waals surface area contributed by atoms with E-state index in [0.717, 1.165) is 38.1 Å². The van der Waals surface area contributed by atoms with Gasteiger partial charge in [-0.1, -0.05) is 24.3 Å². The molecule has 0 spiro atoms. The third kappa shape index (κ3) is 2.97. The van der Waals surface area contributed by atoms with Gasteiger partial charge >= 0.3 is 0 Å². The number of aryl methyl sites for hydroxylation is 1. The summed E-state index contributed by atoms with van der Waals surface area (Å²) in [7, 11) is 0. The van der Waals surface area contributed by atoms with E-state index < -0.39 is 0 Å². The Labute approximate surface area is 147 Å². The van der Waals surface area contributed by atoms with Crippen molar-refractivity contribution in [3.05, 3.63) is 66.0 Å².